The molecule has 0 N–H and O–H groups in total. The Hall–Kier alpha value is 0.240. The van der Waals surface area contributed by atoms with Crippen LogP contribution in [-0.4, -0.2) is 25.8 Å². The minimum absolute atomic E-state index is 0.515. The van der Waals surface area contributed by atoms with Gasteiger partial charge >= 0.3 is 0 Å². The monoisotopic (exact) mass is 169 g/mol. The topological polar surface area (TPSA) is 12.5 Å². The first kappa shape index (κ1) is 9.24. The van der Waals surface area contributed by atoms with Crippen LogP contribution >= 0.6 is 23.2 Å². The van der Waals surface area contributed by atoms with Crippen LogP contribution in [0.5, 0.6) is 0 Å². The number of likely N-dealkylation sites (N-methyl/N-ethyl adjacent to an activating group) is 1. The summed E-state index contributed by atoms with van der Waals surface area (Å²) in [6.07, 6.45) is 0. The normalized spacial score (nSPS) is 12.8. The van der Waals surface area contributed by atoms with Gasteiger partial charge in [-0.15, -0.1) is 0 Å². The molecule has 0 heterocycles. The van der Waals surface area contributed by atoms with Crippen LogP contribution < -0.4 is 0 Å². The van der Waals surface area contributed by atoms with Crippen LogP contribution in [0.4, 0.5) is 0 Å². The number of nitrogens with zero attached hydrogens (tertiary/aromatic N) is 1. The average molecular weight is 170 g/mol. The van der Waals surface area contributed by atoms with Gasteiger partial charge in [-0.05, 0) is 0 Å². The fourth-order valence-electron chi connectivity index (χ4n) is 0.312. The van der Waals surface area contributed by atoms with Crippen LogP contribution in [0, 0.1) is 0 Å². The van der Waals surface area contributed by atoms with Crippen LogP contribution in [0.3, 0.4) is 0 Å². The van der Waals surface area contributed by atoms with E-state index in [1.165, 1.54) is 5.54 Å². The lowest BCUT2D eigenvalue weighted by Gasteiger charge is -2.11. The lowest BCUT2D eigenvalue weighted by Crippen LogP contribution is -2.17. The molecule has 0 spiro atoms. The lowest BCUT2D eigenvalue weighted by atomic mass is 10.6. The van der Waals surface area contributed by atoms with Crippen LogP contribution in [-0.2, 0) is 4.84 Å². The maximum Gasteiger partial charge on any atom is 0.0604 e. The first-order valence-electron chi connectivity index (χ1n) is 2.40. The minimum Gasteiger partial charge on any atom is -0.302 e. The first-order valence-corrected chi connectivity index (χ1v) is 3.22. The first-order chi connectivity index (χ1) is 4.20. The van der Waals surface area contributed by atoms with Gasteiger partial charge in [-0.1, -0.05) is 23.2 Å². The number of rotatable bonds is 3. The van der Waals surface area contributed by atoms with Crippen molar-refractivity contribution in [3.63, 3.8) is 0 Å². The van der Waals surface area contributed by atoms with Crippen molar-refractivity contribution in [1.82, 2.24) is 5.06 Å². The Kier molecular flexibility index (Phi) is 5.19. The SMILES string of the molecule is CON(C)C/C(Cl)=C/Cl. The highest BCUT2D eigenvalue weighted by Crippen LogP contribution is 2.03. The zero-order chi connectivity index (χ0) is 7.28. The molecule has 0 atom stereocenters. The molecule has 0 fully saturated rings. The molecular formula is C5H9Cl2NO. The van der Waals surface area contributed by atoms with E-state index < -0.39 is 0 Å². The summed E-state index contributed by atoms with van der Waals surface area (Å²) in [5.41, 5.74) is 1.32. The number of hydrogen-bond acceptors (Lipinski definition) is 2. The molecule has 0 aliphatic rings. The Labute approximate surface area is 64.9 Å². The summed E-state index contributed by atoms with van der Waals surface area (Å²) < 4.78 is 0. The van der Waals surface area contributed by atoms with E-state index in [-0.39, 0.29) is 0 Å². The molecule has 9 heavy (non-hydrogen) atoms. The third-order valence-corrected chi connectivity index (χ3v) is 1.41. The van der Waals surface area contributed by atoms with Gasteiger partial charge in [0.2, 0.25) is 0 Å². The van der Waals surface area contributed by atoms with Gasteiger partial charge in [0.1, 0.15) is 0 Å². The second-order valence-electron chi connectivity index (χ2n) is 1.52. The Morgan fingerprint density at radius 3 is 2.67 bits per heavy atom. The van der Waals surface area contributed by atoms with Gasteiger partial charge in [0.05, 0.1) is 13.7 Å². The molecule has 0 radical (unpaired) electrons. The average Bonchev–Trinajstić information content (AvgIpc) is 1.87. The third-order valence-electron chi connectivity index (χ3n) is 0.804. The smallest absolute Gasteiger partial charge is 0.0604 e. The fraction of sp³-hybridized carbons (Fsp3) is 0.600. The van der Waals surface area contributed by atoms with Crippen molar-refractivity contribution in [3.8, 4) is 0 Å². The molecule has 0 aromatic carbocycles. The van der Waals surface area contributed by atoms with Crippen molar-refractivity contribution >= 4 is 23.2 Å². The molecule has 4 heteroatoms. The molecule has 0 amide bonds. The van der Waals surface area contributed by atoms with Gasteiger partial charge in [0, 0.05) is 17.6 Å². The van der Waals surface area contributed by atoms with Crippen LogP contribution in [0.15, 0.2) is 10.6 Å². The van der Waals surface area contributed by atoms with Gasteiger partial charge in [0.25, 0.3) is 0 Å². The van der Waals surface area contributed by atoms with Crippen LogP contribution in [0.25, 0.3) is 0 Å². The van der Waals surface area contributed by atoms with Crippen LogP contribution in [0.1, 0.15) is 0 Å². The molecule has 0 aromatic rings. The quantitative estimate of drug-likeness (QED) is 0.598. The van der Waals surface area contributed by atoms with Crippen molar-refractivity contribution in [2.45, 2.75) is 0 Å². The van der Waals surface area contributed by atoms with Crippen molar-refractivity contribution in [2.75, 3.05) is 20.7 Å². The zero-order valence-corrected chi connectivity index (χ0v) is 6.91. The van der Waals surface area contributed by atoms with Gasteiger partial charge in [-0.2, -0.15) is 5.06 Å². The molecule has 0 rings (SSSR count). The Bertz CT molecular complexity index is 105. The van der Waals surface area contributed by atoms with E-state index in [1.807, 2.05) is 0 Å². The Morgan fingerprint density at radius 2 is 2.33 bits per heavy atom. The van der Waals surface area contributed by atoms with Gasteiger partial charge in [-0.3, -0.25) is 0 Å². The Balaban J connectivity index is 3.47. The van der Waals surface area contributed by atoms with Crippen molar-refractivity contribution in [1.29, 1.82) is 0 Å². The minimum atomic E-state index is 0.515. The molecule has 54 valence electrons. The molecule has 0 unspecified atom stereocenters. The number of hydrogen-bond donors (Lipinski definition) is 0. The summed E-state index contributed by atoms with van der Waals surface area (Å²) >= 11 is 10.8. The maximum atomic E-state index is 5.55. The summed E-state index contributed by atoms with van der Waals surface area (Å²) in [6.45, 7) is 0.515. The maximum absolute atomic E-state index is 5.55. The van der Waals surface area contributed by atoms with E-state index >= 15 is 0 Å². The fourth-order valence-corrected chi connectivity index (χ4v) is 0.549. The lowest BCUT2D eigenvalue weighted by molar-refractivity contribution is -0.0999. The van der Waals surface area contributed by atoms with Gasteiger partial charge in [-0.25, -0.2) is 0 Å². The standard InChI is InChI=1S/C5H9Cl2NO/c1-8(9-2)4-5(7)3-6/h3H,4H2,1-2H3/b5-3-. The third kappa shape index (κ3) is 4.73. The molecular weight excluding hydrogens is 161 g/mol. The molecule has 2 nitrogen and oxygen atoms in total. The summed E-state index contributed by atoms with van der Waals surface area (Å²) in [7, 11) is 3.33. The highest BCUT2D eigenvalue weighted by molar-refractivity contribution is 6.36. The second-order valence-corrected chi connectivity index (χ2v) is 2.23. The zero-order valence-electron chi connectivity index (χ0n) is 5.40. The van der Waals surface area contributed by atoms with Crippen molar-refractivity contribution in [2.24, 2.45) is 0 Å². The molecule has 0 aliphatic carbocycles. The molecule has 0 aromatic heterocycles. The highest BCUT2D eigenvalue weighted by Gasteiger charge is 1.96. The molecule has 0 bridgehead atoms. The highest BCUT2D eigenvalue weighted by atomic mass is 35.5. The molecule has 0 saturated heterocycles. The van der Waals surface area contributed by atoms with E-state index in [1.54, 1.807) is 19.2 Å². The second kappa shape index (κ2) is 5.06. The van der Waals surface area contributed by atoms with Crippen molar-refractivity contribution < 1.29 is 4.84 Å². The summed E-state index contributed by atoms with van der Waals surface area (Å²) in [5.74, 6) is 0. The predicted octanol–water partition coefficient (Wildman–Crippen LogP) is 1.80. The summed E-state index contributed by atoms with van der Waals surface area (Å²) in [6, 6.07) is 0. The largest absolute Gasteiger partial charge is 0.302 e. The van der Waals surface area contributed by atoms with E-state index in [9.17, 15) is 0 Å². The molecule has 0 saturated carbocycles. The summed E-state index contributed by atoms with van der Waals surface area (Å²) in [4.78, 5) is 4.77. The Morgan fingerprint density at radius 1 is 1.78 bits per heavy atom. The molecule has 0 aliphatic heterocycles. The van der Waals surface area contributed by atoms with E-state index in [2.05, 4.69) is 0 Å². The van der Waals surface area contributed by atoms with Gasteiger partial charge in [0.15, 0.2) is 0 Å². The number of hydroxylamine groups is 2. The predicted molar refractivity (Wildman–Crippen MR) is 39.4 cm³/mol. The van der Waals surface area contributed by atoms with Crippen molar-refractivity contribution in [3.05, 3.63) is 10.6 Å². The number of halogens is 2. The summed E-state index contributed by atoms with van der Waals surface area (Å²) in [5, 5.41) is 2.13. The van der Waals surface area contributed by atoms with E-state index in [0.717, 1.165) is 0 Å². The van der Waals surface area contributed by atoms with Crippen LogP contribution in [0.2, 0.25) is 0 Å². The van der Waals surface area contributed by atoms with E-state index in [4.69, 9.17) is 28.0 Å². The van der Waals surface area contributed by atoms with E-state index in [0.29, 0.717) is 11.6 Å². The van der Waals surface area contributed by atoms with Gasteiger partial charge < -0.3 is 4.84 Å².